The molecule has 1 N–H and O–H groups in total. The Morgan fingerprint density at radius 2 is 1.09 bits per heavy atom. The van der Waals surface area contributed by atoms with Gasteiger partial charge >= 0.3 is 0 Å². The van der Waals surface area contributed by atoms with Gasteiger partial charge in [-0.25, -0.2) is 4.98 Å². The number of fused-ring (bicyclic) bond motifs is 1. The Morgan fingerprint density at radius 1 is 0.500 bits per heavy atom. The second-order valence-corrected chi connectivity index (χ2v) is 19.3. The van der Waals surface area contributed by atoms with Crippen molar-refractivity contribution in [2.45, 2.75) is 53.9 Å². The Balaban J connectivity index is 0.00000578. The van der Waals surface area contributed by atoms with E-state index < -0.39 is 0 Å². The summed E-state index contributed by atoms with van der Waals surface area (Å²) in [7, 11) is 0. The third-order valence-corrected chi connectivity index (χ3v) is 13.9. The molecule has 0 aliphatic heterocycles. The first-order valence-electron chi connectivity index (χ1n) is 23.1. The Labute approximate surface area is 415 Å². The van der Waals surface area contributed by atoms with Crippen LogP contribution in [0.2, 0.25) is 0 Å². The first-order valence-corrected chi connectivity index (χ1v) is 23.1. The molecule has 0 spiro atoms. The van der Waals surface area contributed by atoms with Crippen molar-refractivity contribution in [3.63, 3.8) is 0 Å². The first kappa shape index (κ1) is 46.0. The minimum absolute atomic E-state index is 0. The van der Waals surface area contributed by atoms with Gasteiger partial charge in [-0.1, -0.05) is 197 Å². The number of hydrogen-bond donors (Lipinski definition) is 1. The Kier molecular flexibility index (Phi) is 12.5. The van der Waals surface area contributed by atoms with Gasteiger partial charge in [0.05, 0.1) is 22.3 Å². The maximum absolute atomic E-state index is 11.9. The van der Waals surface area contributed by atoms with E-state index in [1.807, 2.05) is 37.4 Å². The van der Waals surface area contributed by atoms with E-state index in [4.69, 9.17) is 9.97 Å². The molecule has 0 bridgehead atoms. The Morgan fingerprint density at radius 3 is 1.74 bits per heavy atom. The summed E-state index contributed by atoms with van der Waals surface area (Å²) < 4.78 is 2.25. The van der Waals surface area contributed by atoms with Gasteiger partial charge in [-0.15, -0.1) is 23.8 Å². The van der Waals surface area contributed by atoms with Gasteiger partial charge in [0.15, 0.2) is 0 Å². The van der Waals surface area contributed by atoms with E-state index >= 15 is 0 Å². The van der Waals surface area contributed by atoms with Gasteiger partial charge in [-0.05, 0) is 105 Å². The summed E-state index contributed by atoms with van der Waals surface area (Å²) in [4.78, 5) is 10.5. The predicted molar refractivity (Wildman–Crippen MR) is 279 cm³/mol. The third-order valence-electron chi connectivity index (χ3n) is 13.9. The summed E-state index contributed by atoms with van der Waals surface area (Å²) in [5.41, 5.74) is 18.8. The summed E-state index contributed by atoms with van der Waals surface area (Å²) in [5.74, 6) is 0.884. The van der Waals surface area contributed by atoms with Crippen molar-refractivity contribution in [2.75, 3.05) is 0 Å². The van der Waals surface area contributed by atoms with E-state index in [0.29, 0.717) is 11.4 Å². The second-order valence-electron chi connectivity index (χ2n) is 19.3. The molecule has 10 rings (SSSR count). The van der Waals surface area contributed by atoms with Gasteiger partial charge in [0.2, 0.25) is 0 Å². The van der Waals surface area contributed by atoms with E-state index in [9.17, 15) is 5.11 Å². The fraction of sp³-hybridized carbons (Fsp3) is 0.143. The average molecular weight is 1060 g/mol. The van der Waals surface area contributed by atoms with Crippen LogP contribution in [0.1, 0.15) is 51.3 Å². The molecule has 2 heterocycles. The molecule has 68 heavy (non-hydrogen) atoms. The van der Waals surface area contributed by atoms with E-state index in [1.165, 1.54) is 16.7 Å². The summed E-state index contributed by atoms with van der Waals surface area (Å²) in [5, 5.41) is 11.9. The summed E-state index contributed by atoms with van der Waals surface area (Å²) in [6, 6.07) is 70.1. The molecule has 5 heteroatoms. The van der Waals surface area contributed by atoms with Crippen LogP contribution in [0.5, 0.6) is 5.75 Å². The summed E-state index contributed by atoms with van der Waals surface area (Å²) in [6.07, 6.45) is 1.89. The molecule has 10 aromatic rings. The quantitative estimate of drug-likeness (QED) is 0.147. The van der Waals surface area contributed by atoms with Crippen molar-refractivity contribution in [3.05, 3.63) is 217 Å². The molecule has 338 valence electrons. The van der Waals surface area contributed by atoms with Gasteiger partial charge in [-0.2, -0.15) is 0 Å². The number of nitrogens with zero attached hydrogens (tertiary/aromatic N) is 3. The number of aryl methyl sites for hydroxylation is 2. The van der Waals surface area contributed by atoms with Crippen LogP contribution in [0.3, 0.4) is 0 Å². The zero-order valence-electron chi connectivity index (χ0n) is 39.6. The number of hydrogen-bond acceptors (Lipinski definition) is 3. The van der Waals surface area contributed by atoms with Crippen LogP contribution in [0.25, 0.3) is 95.0 Å². The van der Waals surface area contributed by atoms with Gasteiger partial charge in [0.1, 0.15) is 11.6 Å². The van der Waals surface area contributed by atoms with Crippen molar-refractivity contribution in [1.82, 2.24) is 14.5 Å². The van der Waals surface area contributed by atoms with Gasteiger partial charge in [-0.3, -0.25) is 9.55 Å². The molecule has 0 radical (unpaired) electrons. The molecule has 0 saturated heterocycles. The van der Waals surface area contributed by atoms with Crippen LogP contribution in [0.15, 0.2) is 194 Å². The van der Waals surface area contributed by atoms with Gasteiger partial charge in [0.25, 0.3) is 0 Å². The molecule has 0 aliphatic carbocycles. The van der Waals surface area contributed by atoms with E-state index in [0.717, 1.165) is 83.6 Å². The molecule has 8 aromatic carbocycles. The predicted octanol–water partition coefficient (Wildman–Crippen LogP) is 16.5. The van der Waals surface area contributed by atoms with Crippen LogP contribution in [0.4, 0.5) is 0 Å². The fourth-order valence-electron chi connectivity index (χ4n) is 9.17. The maximum atomic E-state index is 11.9. The van der Waals surface area contributed by atoms with Crippen molar-refractivity contribution in [1.29, 1.82) is 0 Å². The van der Waals surface area contributed by atoms with Crippen molar-refractivity contribution in [2.24, 2.45) is 5.41 Å². The number of phenols is 1. The topological polar surface area (TPSA) is 50.9 Å². The SMILES string of the molecule is Cc1cc(C)c(O)c(-c2nc3c(-c4[c-]c(-c5cc(-c6ccc(-c7ccccc7)cc6)ccn5)cc(-c5ccccc5)c4)cccc3n2-c2ccc(C(C)(C)C(C)(C)C)cc2-c2ccccc2)c1.[Pt]. The molecular formula is C63H54N3OPt-. The largest absolute Gasteiger partial charge is 0.507 e. The van der Waals surface area contributed by atoms with Gasteiger partial charge < -0.3 is 5.11 Å². The first-order chi connectivity index (χ1) is 32.3. The van der Waals surface area contributed by atoms with Crippen LogP contribution in [-0.2, 0) is 26.5 Å². The number of pyridine rings is 1. The molecule has 0 aliphatic rings. The van der Waals surface area contributed by atoms with E-state index in [1.54, 1.807) is 0 Å². The molecule has 0 saturated carbocycles. The maximum Gasteiger partial charge on any atom is 0.148 e. The Hall–Kier alpha value is -7.13. The average Bonchev–Trinajstić information content (AvgIpc) is 3.75. The number of rotatable bonds is 9. The number of aromatic hydroxyl groups is 1. The molecule has 0 atom stereocenters. The summed E-state index contributed by atoms with van der Waals surface area (Å²) in [6.45, 7) is 15.6. The smallest absolute Gasteiger partial charge is 0.148 e. The normalized spacial score (nSPS) is 11.7. The molecule has 0 amide bonds. The van der Waals surface area contributed by atoms with Gasteiger partial charge in [0, 0.05) is 38.5 Å². The van der Waals surface area contributed by atoms with Crippen molar-refractivity contribution < 1.29 is 26.2 Å². The second kappa shape index (κ2) is 18.5. The van der Waals surface area contributed by atoms with Crippen LogP contribution < -0.4 is 0 Å². The summed E-state index contributed by atoms with van der Waals surface area (Å²) >= 11 is 0. The van der Waals surface area contributed by atoms with E-state index in [2.05, 4.69) is 216 Å². The molecule has 4 nitrogen and oxygen atoms in total. The zero-order valence-corrected chi connectivity index (χ0v) is 41.9. The molecular weight excluding hydrogens is 1010 g/mol. The van der Waals surface area contributed by atoms with Crippen LogP contribution in [0, 0.1) is 25.3 Å². The zero-order chi connectivity index (χ0) is 46.5. The number of phenolic OH excluding ortho intramolecular Hbond substituents is 1. The minimum atomic E-state index is -0.132. The van der Waals surface area contributed by atoms with Crippen LogP contribution >= 0.6 is 0 Å². The van der Waals surface area contributed by atoms with Crippen LogP contribution in [-0.4, -0.2) is 19.6 Å². The monoisotopic (exact) mass is 1060 g/mol. The molecule has 0 unspecified atom stereocenters. The Bertz CT molecular complexity index is 3420. The molecule has 2 aromatic heterocycles. The number of benzene rings is 8. The number of aromatic nitrogens is 3. The van der Waals surface area contributed by atoms with Crippen molar-refractivity contribution in [3.8, 4) is 89.7 Å². The minimum Gasteiger partial charge on any atom is -0.507 e. The van der Waals surface area contributed by atoms with Crippen molar-refractivity contribution >= 4 is 11.0 Å². The van der Waals surface area contributed by atoms with E-state index in [-0.39, 0.29) is 37.6 Å². The third kappa shape index (κ3) is 8.66. The molecule has 0 fully saturated rings. The number of para-hydroxylation sites is 1. The standard InChI is InChI=1S/C63H54N3O.Pt/c1-41-34-42(2)60(67)55(35-41)61-65-59-53(24-17-25-58(59)66(61)57-31-30-52(63(6,7)62(3,4)5)40-54(57)47-22-15-10-16-23-47)50-36-49(44-20-13-9-14-21-44)37-51(38-50)56-39-48(32-33-64-56)46-28-26-45(27-29-46)43-18-11-8-12-19-43;/h8-37,39-40,67H,1-7H3;/q-1;. The fourth-order valence-corrected chi connectivity index (χ4v) is 9.17. The number of imidazole rings is 1.